The molecule has 0 aliphatic carbocycles. The molecule has 0 unspecified atom stereocenters. The number of hydrogen-bond donors (Lipinski definition) is 1. The summed E-state index contributed by atoms with van der Waals surface area (Å²) in [5.74, 6) is 0.495. The van der Waals surface area contributed by atoms with Crippen molar-refractivity contribution in [3.05, 3.63) is 95.5 Å². The highest BCUT2D eigenvalue weighted by molar-refractivity contribution is 6.30. The molecule has 0 radical (unpaired) electrons. The Labute approximate surface area is 145 Å². The van der Waals surface area contributed by atoms with Crippen LogP contribution in [0.15, 0.2) is 100 Å². The number of nitrogens with one attached hydrogen (secondary N) is 1. The summed E-state index contributed by atoms with van der Waals surface area (Å²) >= 11 is 5.88. The molecule has 24 heavy (non-hydrogen) atoms. The van der Waals surface area contributed by atoms with Crippen LogP contribution in [0.3, 0.4) is 0 Å². The lowest BCUT2D eigenvalue weighted by atomic mass is 10.2. The molecule has 0 fully saturated rings. The minimum absolute atomic E-state index is 0.495. The molecule has 0 spiro atoms. The Balaban J connectivity index is 1.86. The van der Waals surface area contributed by atoms with E-state index in [1.54, 1.807) is 24.3 Å². The van der Waals surface area contributed by atoms with Crippen molar-refractivity contribution in [2.24, 2.45) is 15.3 Å². The third-order valence-corrected chi connectivity index (χ3v) is 3.44. The second-order valence-electron chi connectivity index (χ2n) is 4.96. The van der Waals surface area contributed by atoms with Gasteiger partial charge in [-0.3, -0.25) is 5.43 Å². The molecular formula is C19H15ClN4. The number of hydrazone groups is 1. The predicted octanol–water partition coefficient (Wildman–Crippen LogP) is 5.90. The first-order valence-electron chi connectivity index (χ1n) is 7.43. The van der Waals surface area contributed by atoms with E-state index >= 15 is 0 Å². The van der Waals surface area contributed by atoms with E-state index < -0.39 is 0 Å². The van der Waals surface area contributed by atoms with Gasteiger partial charge in [-0.2, -0.15) is 5.10 Å². The maximum Gasteiger partial charge on any atom is 0.201 e. The molecule has 1 N–H and O–H groups in total. The number of anilines is 1. The van der Waals surface area contributed by atoms with Crippen LogP contribution >= 0.6 is 11.6 Å². The second kappa shape index (κ2) is 8.04. The predicted molar refractivity (Wildman–Crippen MR) is 99.0 cm³/mol. The van der Waals surface area contributed by atoms with Crippen LogP contribution in [0.1, 0.15) is 5.56 Å². The van der Waals surface area contributed by atoms with Crippen LogP contribution < -0.4 is 5.43 Å². The third-order valence-electron chi connectivity index (χ3n) is 3.18. The first-order valence-corrected chi connectivity index (χ1v) is 7.80. The van der Waals surface area contributed by atoms with Crippen LogP contribution in [0.5, 0.6) is 0 Å². The van der Waals surface area contributed by atoms with Gasteiger partial charge in [-0.05, 0) is 36.4 Å². The van der Waals surface area contributed by atoms with Crippen molar-refractivity contribution in [2.45, 2.75) is 0 Å². The van der Waals surface area contributed by atoms with E-state index in [0.717, 1.165) is 11.3 Å². The number of nitrogens with zero attached hydrogens (tertiary/aromatic N) is 3. The minimum Gasteiger partial charge on any atom is -0.276 e. The van der Waals surface area contributed by atoms with Crippen molar-refractivity contribution in [1.29, 1.82) is 0 Å². The number of para-hydroxylation sites is 1. The van der Waals surface area contributed by atoms with Gasteiger partial charge in [-0.1, -0.05) is 60.1 Å². The topological polar surface area (TPSA) is 49.1 Å². The number of hydrogen-bond acceptors (Lipinski definition) is 3. The standard InChI is InChI=1S/C19H15ClN4/c20-16-11-13-18(14-12-16)22-24-19(15-7-3-1-4-8-15)23-21-17-9-5-2-6-10-17/h1-14,21H/b23-19-,24-22?. The van der Waals surface area contributed by atoms with Crippen molar-refractivity contribution in [3.63, 3.8) is 0 Å². The van der Waals surface area contributed by atoms with Crippen LogP contribution in [0.4, 0.5) is 11.4 Å². The molecule has 118 valence electrons. The number of benzene rings is 3. The Bertz CT molecular complexity index is 828. The highest BCUT2D eigenvalue weighted by Gasteiger charge is 2.02. The zero-order valence-electron chi connectivity index (χ0n) is 12.8. The summed E-state index contributed by atoms with van der Waals surface area (Å²) in [5, 5.41) is 13.6. The van der Waals surface area contributed by atoms with Gasteiger partial charge in [0.2, 0.25) is 5.84 Å². The molecule has 0 aromatic heterocycles. The fraction of sp³-hybridized carbons (Fsp3) is 0. The van der Waals surface area contributed by atoms with E-state index in [0.29, 0.717) is 16.5 Å². The van der Waals surface area contributed by atoms with Crippen LogP contribution in [-0.4, -0.2) is 5.84 Å². The fourth-order valence-corrected chi connectivity index (χ4v) is 2.10. The van der Waals surface area contributed by atoms with Crippen molar-refractivity contribution in [2.75, 3.05) is 5.43 Å². The number of rotatable bonds is 4. The summed E-state index contributed by atoms with van der Waals surface area (Å²) in [6.45, 7) is 0. The monoisotopic (exact) mass is 334 g/mol. The van der Waals surface area contributed by atoms with E-state index in [1.165, 1.54) is 0 Å². The molecular weight excluding hydrogens is 320 g/mol. The second-order valence-corrected chi connectivity index (χ2v) is 5.39. The molecule has 0 aliphatic heterocycles. The van der Waals surface area contributed by atoms with E-state index in [-0.39, 0.29) is 0 Å². The molecule has 4 nitrogen and oxygen atoms in total. The number of azo groups is 1. The summed E-state index contributed by atoms with van der Waals surface area (Å²) < 4.78 is 0. The van der Waals surface area contributed by atoms with E-state index in [4.69, 9.17) is 11.6 Å². The minimum atomic E-state index is 0.495. The van der Waals surface area contributed by atoms with Gasteiger partial charge in [-0.25, -0.2) is 0 Å². The van der Waals surface area contributed by atoms with Crippen molar-refractivity contribution >= 4 is 28.8 Å². The molecule has 0 bridgehead atoms. The molecule has 0 aliphatic rings. The van der Waals surface area contributed by atoms with Gasteiger partial charge >= 0.3 is 0 Å². The lowest BCUT2D eigenvalue weighted by Crippen LogP contribution is -2.00. The zero-order chi connectivity index (χ0) is 16.6. The summed E-state index contributed by atoms with van der Waals surface area (Å²) in [6, 6.07) is 26.5. The van der Waals surface area contributed by atoms with E-state index in [1.807, 2.05) is 60.7 Å². The van der Waals surface area contributed by atoms with Gasteiger partial charge in [0.25, 0.3) is 0 Å². The molecule has 3 aromatic rings. The van der Waals surface area contributed by atoms with Gasteiger partial charge in [0.15, 0.2) is 0 Å². The molecule has 3 rings (SSSR count). The Morgan fingerprint density at radius 2 is 1.38 bits per heavy atom. The quantitative estimate of drug-likeness (QED) is 0.274. The molecule has 0 heterocycles. The molecule has 0 saturated heterocycles. The Kier molecular flexibility index (Phi) is 5.32. The highest BCUT2D eigenvalue weighted by Crippen LogP contribution is 2.17. The maximum absolute atomic E-state index is 5.88. The van der Waals surface area contributed by atoms with Crippen LogP contribution in [0.2, 0.25) is 5.02 Å². The van der Waals surface area contributed by atoms with Crippen LogP contribution in [-0.2, 0) is 0 Å². The van der Waals surface area contributed by atoms with Crippen molar-refractivity contribution in [1.82, 2.24) is 0 Å². The fourth-order valence-electron chi connectivity index (χ4n) is 1.97. The molecule has 0 atom stereocenters. The number of amidine groups is 1. The van der Waals surface area contributed by atoms with Gasteiger partial charge in [0, 0.05) is 10.6 Å². The van der Waals surface area contributed by atoms with E-state index in [2.05, 4.69) is 20.8 Å². The van der Waals surface area contributed by atoms with Crippen LogP contribution in [0, 0.1) is 0 Å². The summed E-state index contributed by atoms with van der Waals surface area (Å²) in [6.07, 6.45) is 0. The normalized spacial score (nSPS) is 11.6. The molecule has 3 aromatic carbocycles. The average Bonchev–Trinajstić information content (AvgIpc) is 2.65. The SMILES string of the molecule is Clc1ccc(N=N/C(=N\Nc2ccccc2)c2ccccc2)cc1. The number of halogens is 1. The summed E-state index contributed by atoms with van der Waals surface area (Å²) in [4.78, 5) is 0. The third kappa shape index (κ3) is 4.51. The molecule has 0 saturated carbocycles. The van der Waals surface area contributed by atoms with Crippen molar-refractivity contribution in [3.8, 4) is 0 Å². The summed E-state index contributed by atoms with van der Waals surface area (Å²) in [5.41, 5.74) is 5.47. The van der Waals surface area contributed by atoms with Crippen molar-refractivity contribution < 1.29 is 0 Å². The van der Waals surface area contributed by atoms with Gasteiger partial charge in [0.05, 0.1) is 11.4 Å². The maximum atomic E-state index is 5.88. The smallest absolute Gasteiger partial charge is 0.201 e. The van der Waals surface area contributed by atoms with Crippen LogP contribution in [0.25, 0.3) is 0 Å². The lowest BCUT2D eigenvalue weighted by Gasteiger charge is -2.03. The van der Waals surface area contributed by atoms with Gasteiger partial charge in [-0.15, -0.1) is 10.2 Å². The first-order chi connectivity index (χ1) is 11.8. The molecule has 0 amide bonds. The first kappa shape index (κ1) is 15.9. The van der Waals surface area contributed by atoms with Gasteiger partial charge < -0.3 is 0 Å². The Morgan fingerprint density at radius 3 is 2.04 bits per heavy atom. The Hall–Kier alpha value is -2.98. The summed E-state index contributed by atoms with van der Waals surface area (Å²) in [7, 11) is 0. The average molecular weight is 335 g/mol. The largest absolute Gasteiger partial charge is 0.276 e. The Morgan fingerprint density at radius 1 is 0.750 bits per heavy atom. The molecule has 5 heteroatoms. The van der Waals surface area contributed by atoms with Gasteiger partial charge in [0.1, 0.15) is 0 Å². The zero-order valence-corrected chi connectivity index (χ0v) is 13.6. The highest BCUT2D eigenvalue weighted by atomic mass is 35.5. The lowest BCUT2D eigenvalue weighted by molar-refractivity contribution is 1.22. The van der Waals surface area contributed by atoms with E-state index in [9.17, 15) is 0 Å².